The van der Waals surface area contributed by atoms with Gasteiger partial charge in [0.1, 0.15) is 5.69 Å². The number of amides is 1. The molecule has 13 heavy (non-hydrogen) atoms. The van der Waals surface area contributed by atoms with E-state index in [9.17, 15) is 4.79 Å². The van der Waals surface area contributed by atoms with Gasteiger partial charge in [-0.25, -0.2) is 9.28 Å². The SMILES string of the molecule is C=CC(=O)[N+](C)(C)c1ccccc1. The van der Waals surface area contributed by atoms with E-state index in [2.05, 4.69) is 6.58 Å². The maximum absolute atomic E-state index is 11.5. The van der Waals surface area contributed by atoms with Gasteiger partial charge in [-0.1, -0.05) is 24.8 Å². The van der Waals surface area contributed by atoms with Crippen LogP contribution in [-0.2, 0) is 4.79 Å². The first kappa shape index (κ1) is 9.68. The fraction of sp³-hybridized carbons (Fsp3) is 0.182. The summed E-state index contributed by atoms with van der Waals surface area (Å²) in [5, 5.41) is 0. The van der Waals surface area contributed by atoms with Crippen molar-refractivity contribution in [1.29, 1.82) is 0 Å². The van der Waals surface area contributed by atoms with Crippen LogP contribution < -0.4 is 4.48 Å². The summed E-state index contributed by atoms with van der Waals surface area (Å²) in [5.74, 6) is -0.00815. The predicted molar refractivity (Wildman–Crippen MR) is 55.3 cm³/mol. The lowest BCUT2D eigenvalue weighted by Gasteiger charge is -2.24. The van der Waals surface area contributed by atoms with E-state index in [4.69, 9.17) is 0 Å². The summed E-state index contributed by atoms with van der Waals surface area (Å²) in [6, 6.07) is 9.64. The van der Waals surface area contributed by atoms with E-state index in [-0.39, 0.29) is 10.4 Å². The number of hydrogen-bond donors (Lipinski definition) is 0. The molecule has 0 aliphatic carbocycles. The molecule has 0 saturated heterocycles. The molecule has 1 rings (SSSR count). The molecule has 68 valence electrons. The van der Waals surface area contributed by atoms with Crippen molar-refractivity contribution >= 4 is 11.6 Å². The van der Waals surface area contributed by atoms with Gasteiger partial charge in [-0.15, -0.1) is 0 Å². The largest absolute Gasteiger partial charge is 0.342 e. The number of benzene rings is 1. The van der Waals surface area contributed by atoms with E-state index in [1.165, 1.54) is 6.08 Å². The summed E-state index contributed by atoms with van der Waals surface area (Å²) >= 11 is 0. The summed E-state index contributed by atoms with van der Waals surface area (Å²) < 4.78 is 0.213. The molecule has 0 unspecified atom stereocenters. The lowest BCUT2D eigenvalue weighted by molar-refractivity contribution is -0.123. The molecule has 0 N–H and O–H groups in total. The van der Waals surface area contributed by atoms with Gasteiger partial charge >= 0.3 is 5.91 Å². The summed E-state index contributed by atoms with van der Waals surface area (Å²) in [6.07, 6.45) is 1.35. The van der Waals surface area contributed by atoms with Gasteiger partial charge in [-0.2, -0.15) is 0 Å². The van der Waals surface area contributed by atoms with Gasteiger partial charge in [0.15, 0.2) is 0 Å². The fourth-order valence-corrected chi connectivity index (χ4v) is 1.16. The number of carbonyl (C=O) groups excluding carboxylic acids is 1. The Kier molecular flexibility index (Phi) is 2.63. The van der Waals surface area contributed by atoms with Gasteiger partial charge in [0.05, 0.1) is 14.1 Å². The number of nitrogens with zero attached hydrogens (tertiary/aromatic N) is 1. The number of likely N-dealkylation sites (N-methyl/N-ethyl adjacent to an activating group) is 1. The molecule has 0 atom stereocenters. The lowest BCUT2D eigenvalue weighted by atomic mass is 10.2. The molecule has 0 saturated carbocycles. The molecule has 0 spiro atoms. The van der Waals surface area contributed by atoms with Gasteiger partial charge in [0.25, 0.3) is 0 Å². The molecular formula is C11H14NO+. The molecule has 0 bridgehead atoms. The molecule has 1 aromatic rings. The highest BCUT2D eigenvalue weighted by Gasteiger charge is 2.25. The summed E-state index contributed by atoms with van der Waals surface area (Å²) in [6.45, 7) is 3.49. The summed E-state index contributed by atoms with van der Waals surface area (Å²) in [5.41, 5.74) is 0.965. The predicted octanol–water partition coefficient (Wildman–Crippen LogP) is 1.97. The third kappa shape index (κ3) is 1.84. The van der Waals surface area contributed by atoms with Crippen LogP contribution in [-0.4, -0.2) is 20.0 Å². The Morgan fingerprint density at radius 2 is 1.85 bits per heavy atom. The first-order valence-corrected chi connectivity index (χ1v) is 4.15. The van der Waals surface area contributed by atoms with Crippen LogP contribution >= 0.6 is 0 Å². The van der Waals surface area contributed by atoms with Gasteiger partial charge in [0, 0.05) is 6.08 Å². The van der Waals surface area contributed by atoms with Crippen LogP contribution in [0.1, 0.15) is 0 Å². The van der Waals surface area contributed by atoms with Gasteiger partial charge < -0.3 is 0 Å². The van der Waals surface area contributed by atoms with Crippen molar-refractivity contribution in [2.75, 3.05) is 14.1 Å². The molecule has 1 amide bonds. The van der Waals surface area contributed by atoms with Crippen LogP contribution in [0.15, 0.2) is 43.0 Å². The molecule has 2 nitrogen and oxygen atoms in total. The standard InChI is InChI=1S/C11H14NO/c1-4-11(13)12(2,3)10-8-6-5-7-9-10/h4-9H,1H2,2-3H3/q+1. The quantitative estimate of drug-likeness (QED) is 0.497. The van der Waals surface area contributed by atoms with Crippen LogP contribution in [0, 0.1) is 0 Å². The Labute approximate surface area is 78.7 Å². The molecule has 0 aromatic heterocycles. The number of quaternary nitrogens is 1. The molecule has 2 heteroatoms. The third-order valence-corrected chi connectivity index (χ3v) is 2.13. The molecule has 0 radical (unpaired) electrons. The lowest BCUT2D eigenvalue weighted by Crippen LogP contribution is -2.45. The first-order valence-electron chi connectivity index (χ1n) is 4.15. The van der Waals surface area contributed by atoms with Gasteiger partial charge in [0.2, 0.25) is 0 Å². The van der Waals surface area contributed by atoms with Crippen LogP contribution in [0.3, 0.4) is 0 Å². The average Bonchev–Trinajstić information content (AvgIpc) is 2.18. The second-order valence-electron chi connectivity index (χ2n) is 3.33. The van der Waals surface area contributed by atoms with E-state index in [0.717, 1.165) is 5.69 Å². The summed E-state index contributed by atoms with van der Waals surface area (Å²) in [7, 11) is 3.69. The van der Waals surface area contributed by atoms with Crippen molar-refractivity contribution in [1.82, 2.24) is 4.48 Å². The zero-order valence-corrected chi connectivity index (χ0v) is 8.03. The highest BCUT2D eigenvalue weighted by atomic mass is 16.2. The number of rotatable bonds is 2. The van der Waals surface area contributed by atoms with Crippen molar-refractivity contribution in [3.05, 3.63) is 43.0 Å². The summed E-state index contributed by atoms with van der Waals surface area (Å²) in [4.78, 5) is 11.5. The highest BCUT2D eigenvalue weighted by Crippen LogP contribution is 2.18. The molecular weight excluding hydrogens is 162 g/mol. The number of para-hydroxylation sites is 1. The van der Waals surface area contributed by atoms with Crippen LogP contribution in [0.5, 0.6) is 0 Å². The highest BCUT2D eigenvalue weighted by molar-refractivity contribution is 5.95. The van der Waals surface area contributed by atoms with E-state index in [0.29, 0.717) is 0 Å². The van der Waals surface area contributed by atoms with E-state index < -0.39 is 0 Å². The smallest absolute Gasteiger partial charge is 0.229 e. The van der Waals surface area contributed by atoms with E-state index in [1.807, 2.05) is 44.4 Å². The maximum Gasteiger partial charge on any atom is 0.342 e. The average molecular weight is 176 g/mol. The van der Waals surface area contributed by atoms with Crippen molar-refractivity contribution in [3.8, 4) is 0 Å². The Balaban J connectivity index is 3.07. The van der Waals surface area contributed by atoms with Crippen molar-refractivity contribution in [2.45, 2.75) is 0 Å². The zero-order valence-electron chi connectivity index (χ0n) is 8.03. The van der Waals surface area contributed by atoms with E-state index in [1.54, 1.807) is 0 Å². The van der Waals surface area contributed by atoms with Gasteiger partial charge in [-0.05, 0) is 12.1 Å². The molecule has 0 heterocycles. The van der Waals surface area contributed by atoms with Crippen LogP contribution in [0.25, 0.3) is 0 Å². The molecule has 0 aliphatic heterocycles. The zero-order chi connectivity index (χ0) is 9.90. The second kappa shape index (κ2) is 3.54. The van der Waals surface area contributed by atoms with Crippen molar-refractivity contribution in [3.63, 3.8) is 0 Å². The monoisotopic (exact) mass is 176 g/mol. The third-order valence-electron chi connectivity index (χ3n) is 2.13. The Bertz CT molecular complexity index is 314. The Morgan fingerprint density at radius 3 is 2.31 bits per heavy atom. The minimum atomic E-state index is -0.00815. The first-order chi connectivity index (χ1) is 6.09. The van der Waals surface area contributed by atoms with Crippen LogP contribution in [0.4, 0.5) is 5.69 Å². The van der Waals surface area contributed by atoms with E-state index >= 15 is 0 Å². The topological polar surface area (TPSA) is 17.1 Å². The van der Waals surface area contributed by atoms with Crippen molar-refractivity contribution < 1.29 is 4.79 Å². The van der Waals surface area contributed by atoms with Crippen molar-refractivity contribution in [2.24, 2.45) is 0 Å². The normalized spacial score (nSPS) is 10.9. The fourth-order valence-electron chi connectivity index (χ4n) is 1.16. The maximum atomic E-state index is 11.5. The Hall–Kier alpha value is -1.41. The van der Waals surface area contributed by atoms with Gasteiger partial charge in [-0.3, -0.25) is 0 Å². The molecule has 0 aliphatic rings. The number of carbonyl (C=O) groups is 1. The molecule has 0 fully saturated rings. The minimum Gasteiger partial charge on any atom is -0.229 e. The Morgan fingerprint density at radius 1 is 1.31 bits per heavy atom. The van der Waals surface area contributed by atoms with Crippen LogP contribution in [0.2, 0.25) is 0 Å². The number of hydrogen-bond acceptors (Lipinski definition) is 1. The minimum absolute atomic E-state index is 0.00815. The second-order valence-corrected chi connectivity index (χ2v) is 3.33. The molecule has 1 aromatic carbocycles.